The lowest BCUT2D eigenvalue weighted by Gasteiger charge is -2.15. The molecule has 3 N–H and O–H groups in total. The monoisotopic (exact) mass is 417 g/mol. The van der Waals surface area contributed by atoms with Gasteiger partial charge < -0.3 is 10.8 Å². The summed E-state index contributed by atoms with van der Waals surface area (Å²) in [5.41, 5.74) is 7.01. The molecule has 1 unspecified atom stereocenters. The molecule has 4 nitrogen and oxygen atoms in total. The molecular formula is C27H35N3O. The lowest BCUT2D eigenvalue weighted by atomic mass is 9.93. The topological polar surface area (TPSA) is 71.0 Å². The van der Waals surface area contributed by atoms with E-state index in [1.54, 1.807) is 0 Å². The Kier molecular flexibility index (Phi) is 8.60. The molecule has 3 aromatic rings. The van der Waals surface area contributed by atoms with Gasteiger partial charge in [0.05, 0.1) is 6.10 Å². The van der Waals surface area contributed by atoms with Crippen molar-refractivity contribution in [1.82, 2.24) is 0 Å². The fourth-order valence-corrected chi connectivity index (χ4v) is 4.14. The first-order chi connectivity index (χ1) is 15.1. The zero-order valence-corrected chi connectivity index (χ0v) is 18.8. The molecule has 3 aromatic carbocycles. The van der Waals surface area contributed by atoms with E-state index in [0.29, 0.717) is 11.8 Å². The van der Waals surface area contributed by atoms with Crippen LogP contribution in [0.25, 0.3) is 21.5 Å². The number of unbranched alkanes of at least 4 members (excludes halogenated alkanes) is 2. The maximum absolute atomic E-state index is 11.0. The molecule has 0 radical (unpaired) electrons. The van der Waals surface area contributed by atoms with E-state index in [1.807, 2.05) is 30.5 Å². The maximum atomic E-state index is 11.0. The number of aliphatic hydroxyl groups is 1. The fourth-order valence-electron chi connectivity index (χ4n) is 4.14. The third-order valence-electron chi connectivity index (χ3n) is 5.88. The van der Waals surface area contributed by atoms with Crippen LogP contribution >= 0.6 is 0 Å². The molecule has 0 fully saturated rings. The number of nitrogens with two attached hydrogens (primary N) is 1. The van der Waals surface area contributed by atoms with Crippen molar-refractivity contribution in [3.05, 3.63) is 60.2 Å². The van der Waals surface area contributed by atoms with E-state index >= 15 is 0 Å². The van der Waals surface area contributed by atoms with Gasteiger partial charge in [0.1, 0.15) is 5.84 Å². The molecule has 0 bridgehead atoms. The molecule has 0 saturated carbocycles. The Balaban J connectivity index is 1.77. The van der Waals surface area contributed by atoms with Gasteiger partial charge in [0.25, 0.3) is 0 Å². The Morgan fingerprint density at radius 3 is 2.23 bits per heavy atom. The zero-order valence-electron chi connectivity index (χ0n) is 18.8. The molecule has 0 heterocycles. The summed E-state index contributed by atoms with van der Waals surface area (Å²) in [5.74, 6) is 0.802. The highest BCUT2D eigenvalue weighted by Crippen LogP contribution is 2.33. The fraction of sp³-hybridized carbons (Fsp3) is 0.407. The average Bonchev–Trinajstić information content (AvgIpc) is 2.79. The van der Waals surface area contributed by atoms with E-state index in [9.17, 15) is 5.11 Å². The highest BCUT2D eigenvalue weighted by molar-refractivity contribution is 6.09. The van der Waals surface area contributed by atoms with Crippen LogP contribution in [-0.4, -0.2) is 17.2 Å². The molecule has 0 saturated heterocycles. The summed E-state index contributed by atoms with van der Waals surface area (Å²) in [4.78, 5) is 0. The quantitative estimate of drug-likeness (QED) is 0.157. The molecule has 0 aliphatic carbocycles. The summed E-state index contributed by atoms with van der Waals surface area (Å²) < 4.78 is 0. The molecule has 0 amide bonds. The molecule has 31 heavy (non-hydrogen) atoms. The Bertz CT molecular complexity index is 1030. The van der Waals surface area contributed by atoms with Gasteiger partial charge in [-0.3, -0.25) is 0 Å². The van der Waals surface area contributed by atoms with Crippen LogP contribution in [-0.2, 0) is 0 Å². The van der Waals surface area contributed by atoms with Crippen LogP contribution in [0.5, 0.6) is 0 Å². The van der Waals surface area contributed by atoms with Gasteiger partial charge in [-0.1, -0.05) is 88.1 Å². The van der Waals surface area contributed by atoms with Crippen molar-refractivity contribution in [1.29, 1.82) is 0 Å². The van der Waals surface area contributed by atoms with E-state index in [-0.39, 0.29) is 6.42 Å². The molecule has 4 heteroatoms. The van der Waals surface area contributed by atoms with Crippen molar-refractivity contribution in [3.63, 3.8) is 0 Å². The Morgan fingerprint density at radius 2 is 1.55 bits per heavy atom. The molecule has 0 spiro atoms. The zero-order chi connectivity index (χ0) is 22.1. The minimum Gasteiger partial charge on any atom is -0.388 e. The maximum Gasteiger partial charge on any atom is 0.125 e. The van der Waals surface area contributed by atoms with Crippen LogP contribution in [0.4, 0.5) is 0 Å². The van der Waals surface area contributed by atoms with Crippen LogP contribution in [0, 0.1) is 5.92 Å². The van der Waals surface area contributed by atoms with E-state index < -0.39 is 6.10 Å². The van der Waals surface area contributed by atoms with Gasteiger partial charge in [-0.2, -0.15) is 5.10 Å². The highest BCUT2D eigenvalue weighted by atomic mass is 16.3. The second kappa shape index (κ2) is 11.6. The number of hydrogen-bond donors (Lipinski definition) is 2. The number of aliphatic hydroxyl groups excluding tert-OH is 1. The molecule has 164 valence electrons. The second-order valence-corrected chi connectivity index (χ2v) is 8.35. The first kappa shape index (κ1) is 23.0. The van der Waals surface area contributed by atoms with Gasteiger partial charge in [-0.25, -0.2) is 0 Å². The summed E-state index contributed by atoms with van der Waals surface area (Å²) in [6.45, 7) is 4.42. The Morgan fingerprint density at radius 1 is 0.935 bits per heavy atom. The summed E-state index contributed by atoms with van der Waals surface area (Å²) in [7, 11) is 0. The summed E-state index contributed by atoms with van der Waals surface area (Å²) in [6.07, 6.45) is 8.53. The van der Waals surface area contributed by atoms with Crippen LogP contribution < -0.4 is 5.73 Å². The van der Waals surface area contributed by atoms with Crippen LogP contribution in [0.3, 0.4) is 0 Å². The molecule has 1 atom stereocenters. The number of fused-ring (bicyclic) bond motifs is 3. The number of hydrogen-bond acceptors (Lipinski definition) is 3. The van der Waals surface area contributed by atoms with Gasteiger partial charge in [0.2, 0.25) is 0 Å². The summed E-state index contributed by atoms with van der Waals surface area (Å²) >= 11 is 0. The van der Waals surface area contributed by atoms with Gasteiger partial charge >= 0.3 is 0 Å². The van der Waals surface area contributed by atoms with Crippen molar-refractivity contribution >= 4 is 33.6 Å². The third-order valence-corrected chi connectivity index (χ3v) is 5.88. The van der Waals surface area contributed by atoms with Gasteiger partial charge in [0, 0.05) is 12.6 Å². The van der Waals surface area contributed by atoms with Gasteiger partial charge in [-0.05, 0) is 51.9 Å². The number of rotatable bonds is 11. The Labute approximate surface area is 185 Å². The standard InChI is InChI=1S/C27H35N3O/c1-3-5-11-20(12-6-4-2)19-29-30-27(28)18-26(31)25-17-21-13-7-8-14-22(21)23-15-9-10-16-24(23)25/h7-10,13-17,19-20,26,31H,3-6,11-12,18H2,1-2H3,(H2,28,30)/b29-19+. The third kappa shape index (κ3) is 6.14. The molecular weight excluding hydrogens is 382 g/mol. The highest BCUT2D eigenvalue weighted by Gasteiger charge is 2.15. The van der Waals surface area contributed by atoms with E-state index in [1.165, 1.54) is 31.1 Å². The van der Waals surface area contributed by atoms with Crippen molar-refractivity contribution < 1.29 is 5.11 Å². The average molecular weight is 418 g/mol. The van der Waals surface area contributed by atoms with Gasteiger partial charge in [0.15, 0.2) is 0 Å². The van der Waals surface area contributed by atoms with E-state index in [2.05, 4.69) is 54.4 Å². The van der Waals surface area contributed by atoms with Crippen molar-refractivity contribution in [3.8, 4) is 0 Å². The van der Waals surface area contributed by atoms with Crippen molar-refractivity contribution in [2.24, 2.45) is 21.9 Å². The van der Waals surface area contributed by atoms with E-state index in [0.717, 1.165) is 34.6 Å². The first-order valence-corrected chi connectivity index (χ1v) is 11.6. The van der Waals surface area contributed by atoms with Gasteiger partial charge in [-0.15, -0.1) is 5.10 Å². The lowest BCUT2D eigenvalue weighted by molar-refractivity contribution is 0.187. The lowest BCUT2D eigenvalue weighted by Crippen LogP contribution is -2.16. The van der Waals surface area contributed by atoms with Crippen LogP contribution in [0.1, 0.15) is 70.5 Å². The second-order valence-electron chi connectivity index (χ2n) is 8.35. The number of benzene rings is 3. The van der Waals surface area contributed by atoms with E-state index in [4.69, 9.17) is 5.73 Å². The normalized spacial score (nSPS) is 13.6. The number of amidine groups is 1. The summed E-state index contributed by atoms with van der Waals surface area (Å²) in [5, 5.41) is 23.9. The van der Waals surface area contributed by atoms with Crippen molar-refractivity contribution in [2.75, 3.05) is 0 Å². The largest absolute Gasteiger partial charge is 0.388 e. The minimum atomic E-state index is -0.732. The Hall–Kier alpha value is -2.72. The van der Waals surface area contributed by atoms with Crippen LogP contribution in [0.15, 0.2) is 64.8 Å². The predicted molar refractivity (Wildman–Crippen MR) is 134 cm³/mol. The molecule has 0 aliphatic rings. The van der Waals surface area contributed by atoms with Crippen LogP contribution in [0.2, 0.25) is 0 Å². The summed E-state index contributed by atoms with van der Waals surface area (Å²) in [6, 6.07) is 18.5. The predicted octanol–water partition coefficient (Wildman–Crippen LogP) is 6.76. The minimum absolute atomic E-state index is 0.258. The molecule has 0 aliphatic heterocycles. The molecule has 3 rings (SSSR count). The number of nitrogens with zero attached hydrogens (tertiary/aromatic N) is 2. The van der Waals surface area contributed by atoms with Crippen molar-refractivity contribution in [2.45, 2.75) is 64.9 Å². The molecule has 0 aromatic heterocycles. The first-order valence-electron chi connectivity index (χ1n) is 11.6. The smallest absolute Gasteiger partial charge is 0.125 e. The SMILES string of the molecule is CCCCC(/C=N/N=C(\N)CC(O)c1cc2ccccc2c2ccccc12)CCCC.